The minimum absolute atomic E-state index is 0.308. The Morgan fingerprint density at radius 3 is 2.86 bits per heavy atom. The Morgan fingerprint density at radius 2 is 2.23 bits per heavy atom. The number of carbonyl (C=O) groups excluding carboxylic acids is 1. The zero-order valence-corrected chi connectivity index (χ0v) is 13.7. The fraction of sp³-hybridized carbons (Fsp3) is 0.214. The van der Waals surface area contributed by atoms with Gasteiger partial charge in [-0.25, -0.2) is 4.98 Å². The standard InChI is InChI=1S/C14H13ClN4O2S/c1-7-6-9(18-19(7)2)13(20)17-14-16-11-10(21-3)5-4-8(15)12(11)22-14/h4-6H,1-3H3,(H,16,17,20). The van der Waals surface area contributed by atoms with Crippen LogP contribution in [0, 0.1) is 6.92 Å². The number of rotatable bonds is 3. The molecule has 0 fully saturated rings. The molecule has 0 aliphatic carbocycles. The van der Waals surface area contributed by atoms with E-state index in [4.69, 9.17) is 16.3 Å². The maximum Gasteiger partial charge on any atom is 0.277 e. The van der Waals surface area contributed by atoms with Gasteiger partial charge >= 0.3 is 0 Å². The molecule has 0 atom stereocenters. The van der Waals surface area contributed by atoms with Gasteiger partial charge in [0, 0.05) is 12.7 Å². The van der Waals surface area contributed by atoms with E-state index in [1.807, 2.05) is 6.92 Å². The molecule has 0 bridgehead atoms. The number of thiazole rings is 1. The van der Waals surface area contributed by atoms with E-state index in [0.717, 1.165) is 10.4 Å². The third-order valence-corrected chi connectivity index (χ3v) is 4.68. The second-order valence-electron chi connectivity index (χ2n) is 4.70. The van der Waals surface area contributed by atoms with Crippen molar-refractivity contribution in [3.63, 3.8) is 0 Å². The minimum Gasteiger partial charge on any atom is -0.494 e. The molecule has 0 radical (unpaired) electrons. The van der Waals surface area contributed by atoms with E-state index in [0.29, 0.717) is 27.1 Å². The molecule has 2 aromatic heterocycles. The number of amides is 1. The van der Waals surface area contributed by atoms with Gasteiger partial charge in [-0.1, -0.05) is 22.9 Å². The van der Waals surface area contributed by atoms with Gasteiger partial charge in [0.25, 0.3) is 5.91 Å². The number of hydrogen-bond donors (Lipinski definition) is 1. The molecule has 3 aromatic rings. The number of fused-ring (bicyclic) bond motifs is 1. The third-order valence-electron chi connectivity index (χ3n) is 3.25. The third kappa shape index (κ3) is 2.53. The lowest BCUT2D eigenvalue weighted by molar-refractivity contribution is 0.102. The summed E-state index contributed by atoms with van der Waals surface area (Å²) in [4.78, 5) is 16.6. The van der Waals surface area contributed by atoms with Gasteiger partial charge in [-0.3, -0.25) is 14.8 Å². The summed E-state index contributed by atoms with van der Waals surface area (Å²) in [7, 11) is 3.35. The first-order valence-electron chi connectivity index (χ1n) is 6.44. The normalized spacial score (nSPS) is 10.9. The highest BCUT2D eigenvalue weighted by Gasteiger charge is 2.16. The zero-order valence-electron chi connectivity index (χ0n) is 12.2. The van der Waals surface area contributed by atoms with Crippen molar-refractivity contribution in [1.82, 2.24) is 14.8 Å². The molecule has 0 aliphatic heterocycles. The van der Waals surface area contributed by atoms with Crippen molar-refractivity contribution in [2.75, 3.05) is 12.4 Å². The summed E-state index contributed by atoms with van der Waals surface area (Å²) in [6, 6.07) is 5.21. The van der Waals surface area contributed by atoms with Crippen molar-refractivity contribution in [2.24, 2.45) is 7.05 Å². The molecule has 2 heterocycles. The SMILES string of the molecule is COc1ccc(Cl)c2sc(NC(=O)c3cc(C)n(C)n3)nc12. The molecule has 0 unspecified atom stereocenters. The summed E-state index contributed by atoms with van der Waals surface area (Å²) in [6.07, 6.45) is 0. The quantitative estimate of drug-likeness (QED) is 0.797. The topological polar surface area (TPSA) is 69.0 Å². The number of aromatic nitrogens is 3. The number of nitrogens with one attached hydrogen (secondary N) is 1. The number of methoxy groups -OCH3 is 1. The molecule has 114 valence electrons. The average molecular weight is 337 g/mol. The number of anilines is 1. The highest BCUT2D eigenvalue weighted by Crippen LogP contribution is 2.37. The highest BCUT2D eigenvalue weighted by molar-refractivity contribution is 7.23. The summed E-state index contributed by atoms with van der Waals surface area (Å²) in [5, 5.41) is 7.91. The van der Waals surface area contributed by atoms with Gasteiger partial charge < -0.3 is 4.74 Å². The monoisotopic (exact) mass is 336 g/mol. The number of carbonyl (C=O) groups is 1. The van der Waals surface area contributed by atoms with Crippen LogP contribution in [-0.2, 0) is 7.05 Å². The average Bonchev–Trinajstić information content (AvgIpc) is 3.04. The summed E-state index contributed by atoms with van der Waals surface area (Å²) in [5.41, 5.74) is 1.88. The molecule has 22 heavy (non-hydrogen) atoms. The van der Waals surface area contributed by atoms with Crippen LogP contribution in [0.4, 0.5) is 5.13 Å². The molecular weight excluding hydrogens is 324 g/mol. The first-order valence-corrected chi connectivity index (χ1v) is 7.64. The van der Waals surface area contributed by atoms with Crippen LogP contribution in [0.5, 0.6) is 5.75 Å². The Kier molecular flexibility index (Phi) is 3.76. The first kappa shape index (κ1) is 14.8. The predicted octanol–water partition coefficient (Wildman–Crippen LogP) is 3.25. The Morgan fingerprint density at radius 1 is 1.45 bits per heavy atom. The van der Waals surface area contributed by atoms with E-state index in [-0.39, 0.29) is 5.91 Å². The molecule has 3 rings (SSSR count). The number of benzene rings is 1. The van der Waals surface area contributed by atoms with Crippen LogP contribution in [0.1, 0.15) is 16.2 Å². The van der Waals surface area contributed by atoms with Crippen molar-refractivity contribution >= 4 is 44.2 Å². The molecular formula is C14H13ClN4O2S. The van der Waals surface area contributed by atoms with Gasteiger partial charge in [0.15, 0.2) is 10.8 Å². The van der Waals surface area contributed by atoms with Crippen molar-refractivity contribution in [2.45, 2.75) is 6.92 Å². The lowest BCUT2D eigenvalue weighted by Crippen LogP contribution is -2.12. The summed E-state index contributed by atoms with van der Waals surface area (Å²) < 4.78 is 7.68. The van der Waals surface area contributed by atoms with E-state index in [9.17, 15) is 4.79 Å². The largest absolute Gasteiger partial charge is 0.494 e. The molecule has 0 saturated carbocycles. The minimum atomic E-state index is -0.308. The van der Waals surface area contributed by atoms with Gasteiger partial charge in [0.2, 0.25) is 0 Å². The number of ether oxygens (including phenoxy) is 1. The van der Waals surface area contributed by atoms with Crippen molar-refractivity contribution in [3.8, 4) is 5.75 Å². The number of nitrogens with zero attached hydrogens (tertiary/aromatic N) is 3. The first-order chi connectivity index (χ1) is 10.5. The van der Waals surface area contributed by atoms with Crippen molar-refractivity contribution in [1.29, 1.82) is 0 Å². The van der Waals surface area contributed by atoms with Crippen LogP contribution in [-0.4, -0.2) is 27.8 Å². The maximum absolute atomic E-state index is 12.2. The second-order valence-corrected chi connectivity index (χ2v) is 6.10. The van der Waals surface area contributed by atoms with Gasteiger partial charge in [-0.05, 0) is 25.1 Å². The van der Waals surface area contributed by atoms with E-state index >= 15 is 0 Å². The summed E-state index contributed by atoms with van der Waals surface area (Å²) >= 11 is 7.46. The van der Waals surface area contributed by atoms with E-state index in [1.54, 1.807) is 37.0 Å². The summed E-state index contributed by atoms with van der Waals surface area (Å²) in [5.74, 6) is 0.308. The predicted molar refractivity (Wildman–Crippen MR) is 87.1 cm³/mol. The highest BCUT2D eigenvalue weighted by atomic mass is 35.5. The Balaban J connectivity index is 1.94. The van der Waals surface area contributed by atoms with Gasteiger partial charge in [0.05, 0.1) is 16.8 Å². The molecule has 0 saturated heterocycles. The van der Waals surface area contributed by atoms with Crippen molar-refractivity contribution in [3.05, 3.63) is 34.6 Å². The fourth-order valence-electron chi connectivity index (χ4n) is 2.00. The van der Waals surface area contributed by atoms with Crippen LogP contribution in [0.2, 0.25) is 5.02 Å². The molecule has 6 nitrogen and oxygen atoms in total. The maximum atomic E-state index is 12.2. The molecule has 8 heteroatoms. The Bertz CT molecular complexity index is 852. The smallest absolute Gasteiger partial charge is 0.277 e. The lowest BCUT2D eigenvalue weighted by atomic mass is 10.3. The Labute approximate surface area is 135 Å². The molecule has 1 amide bonds. The van der Waals surface area contributed by atoms with Crippen LogP contribution in [0.25, 0.3) is 10.2 Å². The van der Waals surface area contributed by atoms with Crippen LogP contribution >= 0.6 is 22.9 Å². The fourth-order valence-corrected chi connectivity index (χ4v) is 3.15. The van der Waals surface area contributed by atoms with E-state index in [2.05, 4.69) is 15.4 Å². The molecule has 1 N–H and O–H groups in total. The molecule has 1 aromatic carbocycles. The lowest BCUT2D eigenvalue weighted by Gasteiger charge is -2.00. The van der Waals surface area contributed by atoms with E-state index < -0.39 is 0 Å². The molecule has 0 aliphatic rings. The zero-order chi connectivity index (χ0) is 15.9. The van der Waals surface area contributed by atoms with Crippen LogP contribution in [0.15, 0.2) is 18.2 Å². The number of aryl methyl sites for hydroxylation is 2. The number of hydrogen-bond acceptors (Lipinski definition) is 5. The molecule has 0 spiro atoms. The summed E-state index contributed by atoms with van der Waals surface area (Å²) in [6.45, 7) is 1.88. The van der Waals surface area contributed by atoms with Gasteiger partial charge in [-0.2, -0.15) is 5.10 Å². The van der Waals surface area contributed by atoms with Crippen LogP contribution in [0.3, 0.4) is 0 Å². The Hall–Kier alpha value is -2.12. The van der Waals surface area contributed by atoms with Gasteiger partial charge in [-0.15, -0.1) is 0 Å². The van der Waals surface area contributed by atoms with Crippen molar-refractivity contribution < 1.29 is 9.53 Å². The number of halogens is 1. The second kappa shape index (κ2) is 5.58. The van der Waals surface area contributed by atoms with E-state index in [1.165, 1.54) is 11.3 Å². The van der Waals surface area contributed by atoms with Gasteiger partial charge in [0.1, 0.15) is 11.3 Å². The van der Waals surface area contributed by atoms with Crippen LogP contribution < -0.4 is 10.1 Å².